The highest BCUT2D eigenvalue weighted by atomic mass is 35.5. The molecule has 0 unspecified atom stereocenters. The fourth-order valence-electron chi connectivity index (χ4n) is 3.51. The van der Waals surface area contributed by atoms with Crippen LogP contribution in [0.1, 0.15) is 24.9 Å². The van der Waals surface area contributed by atoms with Crippen LogP contribution in [0.25, 0.3) is 0 Å². The summed E-state index contributed by atoms with van der Waals surface area (Å²) in [4.78, 5) is 13.6. The molecule has 0 aliphatic carbocycles. The van der Waals surface area contributed by atoms with Gasteiger partial charge >= 0.3 is 0 Å². The maximum absolute atomic E-state index is 6.16. The van der Waals surface area contributed by atoms with Gasteiger partial charge in [0.2, 0.25) is 5.95 Å². The summed E-state index contributed by atoms with van der Waals surface area (Å²) < 4.78 is 11.6. The molecule has 8 heteroatoms. The van der Waals surface area contributed by atoms with Gasteiger partial charge in [0.15, 0.2) is 0 Å². The third kappa shape index (κ3) is 4.84. The number of ether oxygens (including phenoxy) is 2. The van der Waals surface area contributed by atoms with Crippen LogP contribution in [0, 0.1) is 0 Å². The van der Waals surface area contributed by atoms with Gasteiger partial charge in [-0.05, 0) is 30.7 Å². The van der Waals surface area contributed by atoms with Crippen LogP contribution in [-0.2, 0) is 4.74 Å². The number of nitrogens with zero attached hydrogens (tertiary/aromatic N) is 4. The van der Waals surface area contributed by atoms with Crippen LogP contribution < -0.4 is 20.3 Å². The molecule has 2 fully saturated rings. The number of nitrogens with two attached hydrogens (primary N) is 1. The predicted molar refractivity (Wildman–Crippen MR) is 113 cm³/mol. The van der Waals surface area contributed by atoms with Crippen LogP contribution in [0.15, 0.2) is 36.5 Å². The monoisotopic (exact) mass is 405 g/mol. The number of hydrogen-bond donors (Lipinski definition) is 1. The molecule has 4 rings (SSSR count). The highest BCUT2D eigenvalue weighted by molar-refractivity contribution is 5.85. The van der Waals surface area contributed by atoms with Crippen molar-refractivity contribution in [1.29, 1.82) is 0 Å². The van der Waals surface area contributed by atoms with Gasteiger partial charge in [-0.3, -0.25) is 0 Å². The average molecular weight is 406 g/mol. The largest absolute Gasteiger partial charge is 0.489 e. The first-order valence-corrected chi connectivity index (χ1v) is 9.62. The summed E-state index contributed by atoms with van der Waals surface area (Å²) in [5, 5.41) is 0. The Hall–Kier alpha value is -2.09. The highest BCUT2D eigenvalue weighted by Crippen LogP contribution is 2.24. The van der Waals surface area contributed by atoms with Crippen molar-refractivity contribution in [2.45, 2.75) is 25.5 Å². The summed E-state index contributed by atoms with van der Waals surface area (Å²) in [5.74, 6) is 2.64. The van der Waals surface area contributed by atoms with Gasteiger partial charge in [0.05, 0.1) is 19.8 Å². The standard InChI is InChI=1S/C20H27N5O2.ClH/c1-15(21)16-2-4-17(5-3-16)27-18-7-9-25(14-18)19-6-8-22-20(23-19)24-10-12-26-13-11-24;/h2-6,8,15,18H,7,9-14,21H2,1H3;1H/t15-,18+;/m0./s1. The van der Waals surface area contributed by atoms with Crippen molar-refractivity contribution >= 4 is 24.2 Å². The fraction of sp³-hybridized carbons (Fsp3) is 0.500. The Morgan fingerprint density at radius 1 is 1.11 bits per heavy atom. The van der Waals surface area contributed by atoms with Crippen molar-refractivity contribution in [2.24, 2.45) is 5.73 Å². The number of benzene rings is 1. The molecule has 3 heterocycles. The minimum atomic E-state index is 0. The number of hydrogen-bond acceptors (Lipinski definition) is 7. The molecular weight excluding hydrogens is 378 g/mol. The normalized spacial score (nSPS) is 20.6. The van der Waals surface area contributed by atoms with E-state index in [-0.39, 0.29) is 24.6 Å². The van der Waals surface area contributed by atoms with E-state index in [0.29, 0.717) is 0 Å². The van der Waals surface area contributed by atoms with E-state index in [1.807, 2.05) is 43.5 Å². The number of rotatable bonds is 5. The summed E-state index contributed by atoms with van der Waals surface area (Å²) in [5.41, 5.74) is 7.02. The Balaban J connectivity index is 0.00000225. The zero-order valence-corrected chi connectivity index (χ0v) is 17.0. The van der Waals surface area contributed by atoms with Crippen molar-refractivity contribution < 1.29 is 9.47 Å². The molecule has 2 N–H and O–H groups in total. The van der Waals surface area contributed by atoms with Crippen molar-refractivity contribution in [2.75, 3.05) is 49.2 Å². The number of aromatic nitrogens is 2. The quantitative estimate of drug-likeness (QED) is 0.818. The van der Waals surface area contributed by atoms with Crippen molar-refractivity contribution in [3.8, 4) is 5.75 Å². The Kier molecular flexibility index (Phi) is 6.93. The van der Waals surface area contributed by atoms with E-state index in [4.69, 9.17) is 20.2 Å². The van der Waals surface area contributed by atoms with Crippen molar-refractivity contribution in [1.82, 2.24) is 9.97 Å². The molecule has 2 atom stereocenters. The van der Waals surface area contributed by atoms with Gasteiger partial charge in [0.1, 0.15) is 17.7 Å². The molecule has 0 bridgehead atoms. The third-order valence-corrected chi connectivity index (χ3v) is 5.10. The molecule has 2 aromatic rings. The van der Waals surface area contributed by atoms with Crippen LogP contribution in [0.3, 0.4) is 0 Å². The van der Waals surface area contributed by atoms with Gasteiger partial charge in [-0.2, -0.15) is 4.98 Å². The zero-order chi connectivity index (χ0) is 18.6. The van der Waals surface area contributed by atoms with Gasteiger partial charge in [0.25, 0.3) is 0 Å². The lowest BCUT2D eigenvalue weighted by atomic mass is 10.1. The molecule has 2 aliphatic heterocycles. The minimum Gasteiger partial charge on any atom is -0.489 e. The summed E-state index contributed by atoms with van der Waals surface area (Å²) in [6, 6.07) is 10.1. The Labute approximate surface area is 172 Å². The van der Waals surface area contributed by atoms with Gasteiger partial charge in [-0.15, -0.1) is 12.4 Å². The fourth-order valence-corrected chi connectivity index (χ4v) is 3.51. The van der Waals surface area contributed by atoms with E-state index >= 15 is 0 Å². The second kappa shape index (κ2) is 9.41. The third-order valence-electron chi connectivity index (χ3n) is 5.10. The van der Waals surface area contributed by atoms with Gasteiger partial charge < -0.3 is 25.0 Å². The second-order valence-corrected chi connectivity index (χ2v) is 7.15. The van der Waals surface area contributed by atoms with Crippen LogP contribution in [0.5, 0.6) is 5.75 Å². The summed E-state index contributed by atoms with van der Waals surface area (Å²) in [6.07, 6.45) is 2.98. The van der Waals surface area contributed by atoms with Gasteiger partial charge in [-0.25, -0.2) is 4.98 Å². The van der Waals surface area contributed by atoms with E-state index in [2.05, 4.69) is 14.8 Å². The lowest BCUT2D eigenvalue weighted by Gasteiger charge is -2.27. The van der Waals surface area contributed by atoms with E-state index in [1.165, 1.54) is 0 Å². The molecular formula is C20H28ClN5O2. The molecule has 1 aromatic heterocycles. The Morgan fingerprint density at radius 2 is 1.86 bits per heavy atom. The number of halogens is 1. The van der Waals surface area contributed by atoms with Crippen LogP contribution in [-0.4, -0.2) is 55.5 Å². The predicted octanol–water partition coefficient (Wildman–Crippen LogP) is 2.41. The van der Waals surface area contributed by atoms with Gasteiger partial charge in [-0.1, -0.05) is 12.1 Å². The number of anilines is 2. The molecule has 2 aliphatic rings. The first-order valence-electron chi connectivity index (χ1n) is 9.62. The topological polar surface area (TPSA) is 76.7 Å². The first-order chi connectivity index (χ1) is 13.2. The molecule has 0 radical (unpaired) electrons. The molecule has 2 saturated heterocycles. The Bertz CT molecular complexity index is 753. The molecule has 0 spiro atoms. The van der Waals surface area contributed by atoms with Crippen molar-refractivity contribution in [3.05, 3.63) is 42.1 Å². The minimum absolute atomic E-state index is 0. The summed E-state index contributed by atoms with van der Waals surface area (Å²) >= 11 is 0. The molecule has 1 aromatic carbocycles. The smallest absolute Gasteiger partial charge is 0.227 e. The van der Waals surface area contributed by atoms with E-state index in [1.54, 1.807) is 0 Å². The SMILES string of the molecule is C[C@H](N)c1ccc(O[C@@H]2CCN(c3ccnc(N4CCOCC4)n3)C2)cc1.Cl. The lowest BCUT2D eigenvalue weighted by Crippen LogP contribution is -2.37. The van der Waals surface area contributed by atoms with Crippen LogP contribution >= 0.6 is 12.4 Å². The maximum atomic E-state index is 6.16. The summed E-state index contributed by atoms with van der Waals surface area (Å²) in [7, 11) is 0. The molecule has 28 heavy (non-hydrogen) atoms. The van der Waals surface area contributed by atoms with E-state index < -0.39 is 0 Å². The molecule has 7 nitrogen and oxygen atoms in total. The van der Waals surface area contributed by atoms with Gasteiger partial charge in [0, 0.05) is 38.3 Å². The van der Waals surface area contributed by atoms with E-state index in [0.717, 1.165) is 68.9 Å². The highest BCUT2D eigenvalue weighted by Gasteiger charge is 2.26. The molecule has 0 amide bonds. The summed E-state index contributed by atoms with van der Waals surface area (Å²) in [6.45, 7) is 6.89. The average Bonchev–Trinajstić information content (AvgIpc) is 3.18. The first kappa shape index (κ1) is 20.6. The lowest BCUT2D eigenvalue weighted by molar-refractivity contribution is 0.122. The zero-order valence-electron chi connectivity index (χ0n) is 16.2. The van der Waals surface area contributed by atoms with E-state index in [9.17, 15) is 0 Å². The maximum Gasteiger partial charge on any atom is 0.227 e. The molecule has 0 saturated carbocycles. The second-order valence-electron chi connectivity index (χ2n) is 7.15. The van der Waals surface area contributed by atoms with Crippen LogP contribution in [0.2, 0.25) is 0 Å². The van der Waals surface area contributed by atoms with Crippen LogP contribution in [0.4, 0.5) is 11.8 Å². The molecule has 152 valence electrons. The number of morpholine rings is 1. The van der Waals surface area contributed by atoms with Crippen molar-refractivity contribution in [3.63, 3.8) is 0 Å². The Morgan fingerprint density at radius 3 is 2.57 bits per heavy atom.